The van der Waals surface area contributed by atoms with Crippen LogP contribution < -0.4 is 67.2 Å². The Morgan fingerprint density at radius 3 is 1.19 bits per heavy atom. The van der Waals surface area contributed by atoms with Crippen molar-refractivity contribution in [2.75, 3.05) is 159 Å². The Kier molecular flexibility index (Phi) is 23.5. The smallest absolute Gasteiger partial charge is 0.258 e. The van der Waals surface area contributed by atoms with E-state index < -0.39 is 11.0 Å². The molecule has 0 amide bonds. The zero-order chi connectivity index (χ0) is 77.4. The Hall–Kier alpha value is -11.5. The van der Waals surface area contributed by atoms with Crippen LogP contribution >= 0.6 is 11.8 Å². The van der Waals surface area contributed by atoms with Gasteiger partial charge in [0.2, 0.25) is 5.69 Å². The van der Waals surface area contributed by atoms with Gasteiger partial charge in [-0.05, 0) is 162 Å². The first-order valence-corrected chi connectivity index (χ1v) is 38.1. The molecule has 30 heteroatoms. The molecule has 574 valence electrons. The van der Waals surface area contributed by atoms with Gasteiger partial charge in [0.15, 0.2) is 17.3 Å². The second-order valence-corrected chi connectivity index (χ2v) is 28.5. The van der Waals surface area contributed by atoms with E-state index in [1.807, 2.05) is 109 Å². The standard InChI is InChI=1S/C22H24N6O.C21H23FN4O2.C19H19FN4OS.C19H21N5O4/c1-16-13-27-14-17(4-6-20(27)23-16)19-12-22(29)28-15-18(5-7-21(28)24-19)26-9-3-8-25(2)10-11-26;1-24-8-3-9-25(11-10-24)16-5-7-20-23-18(13-21(27)26(20)14-16)15-4-6-19(28-2)17(22)12-15;1-26-17-4-2-13(10-15(17)20)16-11-19(25)24-12-14(3-5-18(24)22-16)23-8-6-21-7-9-23;1-28-17-4-2-13(10-16(17)24(26)27)15-11-19(25)23-12-14(3-5-18(23)21-15)22-8-6-20-7-9-22/h4-7,12-15H,3,8-11H2,1-2H3;4-7,12-14H,3,8-11H2,1-2H3;2-5,10-12,21H,6-9H2,1H3;2-5,10-12,20,26-27H,6-9H2,1H3/p+1. The highest BCUT2D eigenvalue weighted by Gasteiger charge is 2.22. The first kappa shape index (κ1) is 76.3. The normalized spacial score (nSPS) is 15.2. The summed E-state index contributed by atoms with van der Waals surface area (Å²) in [6.07, 6.45) is 15.4. The summed E-state index contributed by atoms with van der Waals surface area (Å²) in [5, 5.41) is 24.7. The summed E-state index contributed by atoms with van der Waals surface area (Å²) >= 11 is 1.35. The van der Waals surface area contributed by atoms with Gasteiger partial charge in [-0.25, -0.2) is 33.7 Å². The molecule has 4 saturated heterocycles. The summed E-state index contributed by atoms with van der Waals surface area (Å²) in [5.74, 6) is -0.301. The van der Waals surface area contributed by atoms with Gasteiger partial charge in [-0.3, -0.25) is 36.8 Å². The fourth-order valence-electron chi connectivity index (χ4n) is 14.1. The molecule has 4 aliphatic heterocycles. The lowest BCUT2D eigenvalue weighted by molar-refractivity contribution is -1.19. The molecular weight excluding hydrogens is 1440 g/mol. The van der Waals surface area contributed by atoms with Crippen LogP contribution in [-0.4, -0.2) is 206 Å². The van der Waals surface area contributed by atoms with E-state index in [2.05, 4.69) is 80.1 Å². The average Bonchev–Trinajstić information content (AvgIpc) is 1.13. The van der Waals surface area contributed by atoms with E-state index in [-0.39, 0.29) is 39.5 Å². The van der Waals surface area contributed by atoms with Gasteiger partial charge in [0.1, 0.15) is 34.1 Å². The van der Waals surface area contributed by atoms with Crippen molar-refractivity contribution < 1.29 is 33.9 Å². The number of nitrogens with zero attached hydrogens (tertiary/aromatic N) is 16. The molecule has 4 aliphatic rings. The van der Waals surface area contributed by atoms with Crippen LogP contribution in [0.3, 0.4) is 0 Å². The maximum Gasteiger partial charge on any atom is 0.258 e. The van der Waals surface area contributed by atoms with Crippen molar-refractivity contribution in [3.63, 3.8) is 0 Å². The predicted molar refractivity (Wildman–Crippen MR) is 429 cm³/mol. The number of anilines is 4. The van der Waals surface area contributed by atoms with Crippen molar-refractivity contribution in [2.24, 2.45) is 0 Å². The van der Waals surface area contributed by atoms with Crippen molar-refractivity contribution in [1.29, 1.82) is 0 Å². The number of aryl methyl sites for hydroxylation is 1. The quantitative estimate of drug-likeness (QED) is 0.0577. The molecule has 0 radical (unpaired) electrons. The number of rotatable bonds is 12. The minimum Gasteiger partial charge on any atom is -0.494 e. The Morgan fingerprint density at radius 2 is 0.784 bits per heavy atom. The SMILES string of the molecule is COc1ccc(-c2cc(=O)n3cc(N4CCCN(C)CC4)ccc3n2)cc1F.COc1ccc(-c2cc(=O)n3cc(N4CCNCC4)ccc3n2)cc1[NH+](O)O.CSc1ccc(-c2cc(=O)n3cc(N4CCNCC4)ccc3n2)cc1F.Cc1cn2cc(-c3cc(=O)n4cc(N5CCCN(C)CC5)ccc4n3)ccc2n1. The number of imidazole rings is 1. The molecule has 111 heavy (non-hydrogen) atoms. The van der Waals surface area contributed by atoms with Crippen molar-refractivity contribution in [3.05, 3.63) is 235 Å². The number of hydrogen-bond donors (Lipinski definition) is 5. The number of quaternary nitrogens is 1. The average molecular weight is 1530 g/mol. The van der Waals surface area contributed by atoms with Gasteiger partial charge in [-0.1, -0.05) is 6.07 Å². The molecule has 0 bridgehead atoms. The van der Waals surface area contributed by atoms with E-state index >= 15 is 0 Å². The molecule has 0 atom stereocenters. The number of hydrogen-bond acceptors (Lipinski definition) is 22. The monoisotopic (exact) mass is 1520 g/mol. The highest BCUT2D eigenvalue weighted by Crippen LogP contribution is 2.31. The number of likely N-dealkylation sites (N-methyl/N-ethyl adjacent to an activating group) is 2. The van der Waals surface area contributed by atoms with E-state index in [1.54, 1.807) is 49.6 Å². The van der Waals surface area contributed by atoms with Crippen LogP contribution in [0.5, 0.6) is 11.5 Å². The number of ether oxygens (including phenoxy) is 2. The van der Waals surface area contributed by atoms with Crippen molar-refractivity contribution in [3.8, 4) is 56.5 Å². The van der Waals surface area contributed by atoms with E-state index in [9.17, 15) is 38.4 Å². The highest BCUT2D eigenvalue weighted by molar-refractivity contribution is 7.98. The first-order chi connectivity index (χ1) is 53.8. The first-order valence-electron chi connectivity index (χ1n) is 36.8. The molecule has 0 aliphatic carbocycles. The van der Waals surface area contributed by atoms with Gasteiger partial charge in [-0.15, -0.1) is 11.8 Å². The summed E-state index contributed by atoms with van der Waals surface area (Å²) in [7, 11) is 7.14. The zero-order valence-corrected chi connectivity index (χ0v) is 63.5. The molecule has 4 fully saturated rings. The third kappa shape index (κ3) is 17.6. The van der Waals surface area contributed by atoms with Crippen LogP contribution in [-0.2, 0) is 0 Å². The number of benzene rings is 3. The number of piperazine rings is 2. The van der Waals surface area contributed by atoms with E-state index in [0.29, 0.717) is 72.7 Å². The number of halogens is 2. The van der Waals surface area contributed by atoms with Gasteiger partial charge in [0, 0.05) is 186 Å². The van der Waals surface area contributed by atoms with Gasteiger partial charge < -0.3 is 53.9 Å². The molecule has 0 spiro atoms. The van der Waals surface area contributed by atoms with Crippen LogP contribution in [0.4, 0.5) is 37.2 Å². The maximum atomic E-state index is 14.1. The second kappa shape index (κ2) is 34.2. The topological polar surface area (TPSA) is 262 Å². The van der Waals surface area contributed by atoms with Crippen LogP contribution in [0.1, 0.15) is 18.5 Å². The number of nitrogens with one attached hydrogen (secondary N) is 3. The molecule has 5 N–H and O–H groups in total. The Labute approximate surface area is 642 Å². The summed E-state index contributed by atoms with van der Waals surface area (Å²) in [4.78, 5) is 88.1. The lowest BCUT2D eigenvalue weighted by Gasteiger charge is -2.29. The minimum absolute atomic E-state index is 0.0688. The zero-order valence-electron chi connectivity index (χ0n) is 62.6. The van der Waals surface area contributed by atoms with Crippen LogP contribution in [0.2, 0.25) is 0 Å². The number of thioether (sulfide) groups is 1. The van der Waals surface area contributed by atoms with Gasteiger partial charge in [0.05, 0.1) is 65.4 Å². The maximum absolute atomic E-state index is 14.1. The fourth-order valence-corrected chi connectivity index (χ4v) is 14.6. The molecule has 17 rings (SSSR count). The summed E-state index contributed by atoms with van der Waals surface area (Å²) in [6, 6.07) is 39.7. The molecule has 3 aromatic carbocycles. The van der Waals surface area contributed by atoms with Crippen LogP contribution in [0.25, 0.3) is 73.3 Å². The lowest BCUT2D eigenvalue weighted by atomic mass is 10.1. The van der Waals surface area contributed by atoms with Gasteiger partial charge in [0.25, 0.3) is 22.2 Å². The lowest BCUT2D eigenvalue weighted by Crippen LogP contribution is -3.01. The van der Waals surface area contributed by atoms with Crippen LogP contribution in [0.15, 0.2) is 201 Å². The molecular formula is C81H88F2N19O8S+. The molecule has 27 nitrogen and oxygen atoms in total. The third-order valence-corrected chi connectivity index (χ3v) is 21.0. The number of aromatic nitrogens is 10. The Bertz CT molecular complexity index is 5810. The van der Waals surface area contributed by atoms with Gasteiger partial charge in [-0.2, -0.15) is 10.4 Å². The van der Waals surface area contributed by atoms with Crippen molar-refractivity contribution >= 4 is 68.4 Å². The number of methoxy groups -OCH3 is 2. The molecule has 10 aromatic heterocycles. The van der Waals surface area contributed by atoms with E-state index in [1.165, 1.54) is 72.8 Å². The largest absolute Gasteiger partial charge is 0.494 e. The van der Waals surface area contributed by atoms with Crippen LogP contribution in [0, 0.1) is 18.6 Å². The fraction of sp³-hybridized carbons (Fsp3) is 0.296. The number of fused-ring (bicyclic) bond motifs is 5. The Morgan fingerprint density at radius 1 is 0.405 bits per heavy atom. The van der Waals surface area contributed by atoms with Gasteiger partial charge >= 0.3 is 0 Å². The van der Waals surface area contributed by atoms with E-state index in [4.69, 9.17) is 14.5 Å². The minimum atomic E-state index is -0.850. The molecule has 0 saturated carbocycles. The number of pyridine rings is 5. The van der Waals surface area contributed by atoms with Crippen molar-refractivity contribution in [2.45, 2.75) is 24.7 Å². The molecule has 13 aromatic rings. The predicted octanol–water partition coefficient (Wildman–Crippen LogP) is 7.82. The molecule has 0 unspecified atom stereocenters. The highest BCUT2D eigenvalue weighted by atomic mass is 32.2. The third-order valence-electron chi connectivity index (χ3n) is 20.2. The summed E-state index contributed by atoms with van der Waals surface area (Å²) < 4.78 is 46.4. The molecule has 14 heterocycles. The van der Waals surface area contributed by atoms with E-state index in [0.717, 1.165) is 157 Å². The second-order valence-electron chi connectivity index (χ2n) is 27.6. The summed E-state index contributed by atoms with van der Waals surface area (Å²) in [6.45, 7) is 17.3. The Balaban J connectivity index is 0.000000123. The van der Waals surface area contributed by atoms with Crippen molar-refractivity contribution in [1.82, 2.24) is 67.4 Å². The summed E-state index contributed by atoms with van der Waals surface area (Å²) in [5.41, 5.74) is 12.4.